The molecule has 5 nitrogen and oxygen atoms in total. The molecule has 0 bridgehead atoms. The molecule has 0 spiro atoms. The lowest BCUT2D eigenvalue weighted by molar-refractivity contribution is 0.0635. The number of rotatable bonds is 6. The van der Waals surface area contributed by atoms with E-state index >= 15 is 0 Å². The highest BCUT2D eigenvalue weighted by molar-refractivity contribution is 5.83. The molecule has 0 atom stereocenters. The van der Waals surface area contributed by atoms with Gasteiger partial charge in [-0.05, 0) is 38.8 Å². The number of carbonyl (C=O) groups excluding carboxylic acids is 1. The molecule has 1 rings (SSSR count). The molecule has 0 saturated carbocycles. The van der Waals surface area contributed by atoms with Gasteiger partial charge in [0.1, 0.15) is 11.4 Å². The molecule has 2 N–H and O–H groups in total. The fourth-order valence-corrected chi connectivity index (χ4v) is 1.82. The van der Waals surface area contributed by atoms with Crippen molar-refractivity contribution < 1.29 is 9.53 Å². The Hall–Kier alpha value is -1.78. The van der Waals surface area contributed by atoms with E-state index in [1.807, 2.05) is 26.8 Å². The van der Waals surface area contributed by atoms with Gasteiger partial charge in [-0.3, -0.25) is 5.32 Å². The van der Waals surface area contributed by atoms with E-state index in [2.05, 4.69) is 29.5 Å². The molecule has 21 heavy (non-hydrogen) atoms. The minimum absolute atomic E-state index is 0.484. The first-order valence-corrected chi connectivity index (χ1v) is 7.54. The third kappa shape index (κ3) is 6.97. The van der Waals surface area contributed by atoms with Gasteiger partial charge in [0, 0.05) is 6.54 Å². The van der Waals surface area contributed by atoms with Crippen LogP contribution in [0, 0.1) is 5.92 Å². The van der Waals surface area contributed by atoms with Crippen molar-refractivity contribution in [3.05, 3.63) is 18.3 Å². The van der Waals surface area contributed by atoms with Crippen LogP contribution in [-0.4, -0.2) is 23.2 Å². The number of hydrogen-bond donors (Lipinski definition) is 2. The first kappa shape index (κ1) is 17.3. The van der Waals surface area contributed by atoms with E-state index in [1.165, 1.54) is 0 Å². The van der Waals surface area contributed by atoms with Crippen LogP contribution in [0.3, 0.4) is 0 Å². The van der Waals surface area contributed by atoms with E-state index in [0.29, 0.717) is 11.7 Å². The van der Waals surface area contributed by atoms with Gasteiger partial charge in [-0.25, -0.2) is 9.78 Å². The standard InChI is InChI=1S/C16H27N3O2/c1-6-12(7-2)10-17-13-8-9-14(18-11-13)19-15(20)21-16(3,4)5/h8-9,11-12,17H,6-7,10H2,1-5H3,(H,18,19,20). The maximum Gasteiger partial charge on any atom is 0.413 e. The topological polar surface area (TPSA) is 63.2 Å². The van der Waals surface area contributed by atoms with Crippen LogP contribution in [0.25, 0.3) is 0 Å². The second-order valence-corrected chi connectivity index (χ2v) is 6.12. The van der Waals surface area contributed by atoms with Crippen molar-refractivity contribution >= 4 is 17.6 Å². The van der Waals surface area contributed by atoms with Crippen LogP contribution in [0.4, 0.5) is 16.3 Å². The molecule has 0 saturated heterocycles. The summed E-state index contributed by atoms with van der Waals surface area (Å²) >= 11 is 0. The lowest BCUT2D eigenvalue weighted by atomic mass is 10.0. The summed E-state index contributed by atoms with van der Waals surface area (Å²) in [5.74, 6) is 1.15. The van der Waals surface area contributed by atoms with Crippen LogP contribution in [0.2, 0.25) is 0 Å². The largest absolute Gasteiger partial charge is 0.444 e. The first-order chi connectivity index (χ1) is 9.84. The number of nitrogens with zero attached hydrogens (tertiary/aromatic N) is 1. The summed E-state index contributed by atoms with van der Waals surface area (Å²) < 4.78 is 5.17. The van der Waals surface area contributed by atoms with Crippen LogP contribution < -0.4 is 10.6 Å². The number of aromatic nitrogens is 1. The van der Waals surface area contributed by atoms with Crippen molar-refractivity contribution in [3.8, 4) is 0 Å². The smallest absolute Gasteiger partial charge is 0.413 e. The second kappa shape index (κ2) is 7.86. The number of carbonyl (C=O) groups is 1. The summed E-state index contributed by atoms with van der Waals surface area (Å²) in [7, 11) is 0. The highest BCUT2D eigenvalue weighted by atomic mass is 16.6. The molecule has 0 unspecified atom stereocenters. The summed E-state index contributed by atoms with van der Waals surface area (Å²) in [6, 6.07) is 3.67. The minimum atomic E-state index is -0.513. The number of pyridine rings is 1. The molecule has 0 radical (unpaired) electrons. The quantitative estimate of drug-likeness (QED) is 0.822. The molecule has 0 aromatic carbocycles. The van der Waals surface area contributed by atoms with Crippen molar-refractivity contribution in [1.82, 2.24) is 4.98 Å². The normalized spacial score (nSPS) is 11.3. The lowest BCUT2D eigenvalue weighted by Gasteiger charge is -2.19. The number of anilines is 2. The first-order valence-electron chi connectivity index (χ1n) is 7.54. The third-order valence-electron chi connectivity index (χ3n) is 3.14. The van der Waals surface area contributed by atoms with Gasteiger partial charge < -0.3 is 10.1 Å². The Morgan fingerprint density at radius 1 is 1.29 bits per heavy atom. The predicted molar refractivity (Wildman–Crippen MR) is 86.7 cm³/mol. The zero-order chi connectivity index (χ0) is 15.9. The highest BCUT2D eigenvalue weighted by Gasteiger charge is 2.16. The molecule has 1 aromatic rings. The van der Waals surface area contributed by atoms with Gasteiger partial charge in [-0.15, -0.1) is 0 Å². The molecule has 5 heteroatoms. The Morgan fingerprint density at radius 3 is 2.43 bits per heavy atom. The molecule has 0 aliphatic rings. The van der Waals surface area contributed by atoms with E-state index in [0.717, 1.165) is 25.1 Å². The van der Waals surface area contributed by atoms with Gasteiger partial charge in [0.2, 0.25) is 0 Å². The third-order valence-corrected chi connectivity index (χ3v) is 3.14. The van der Waals surface area contributed by atoms with Crippen molar-refractivity contribution in [2.75, 3.05) is 17.2 Å². The van der Waals surface area contributed by atoms with Crippen LogP contribution in [-0.2, 0) is 4.74 Å². The van der Waals surface area contributed by atoms with Crippen LogP contribution >= 0.6 is 0 Å². The molecule has 0 aliphatic carbocycles. The Morgan fingerprint density at radius 2 is 1.95 bits per heavy atom. The van der Waals surface area contributed by atoms with Crippen molar-refractivity contribution in [2.45, 2.75) is 53.1 Å². The summed E-state index contributed by atoms with van der Waals surface area (Å²) in [6.45, 7) is 10.8. The molecular weight excluding hydrogens is 266 g/mol. The summed E-state index contributed by atoms with van der Waals surface area (Å²) in [5.41, 5.74) is 0.442. The Balaban J connectivity index is 2.48. The van der Waals surface area contributed by atoms with Crippen molar-refractivity contribution in [3.63, 3.8) is 0 Å². The van der Waals surface area contributed by atoms with E-state index < -0.39 is 11.7 Å². The molecule has 1 aromatic heterocycles. The predicted octanol–water partition coefficient (Wildman–Crippen LogP) is 4.28. The molecule has 1 amide bonds. The van der Waals surface area contributed by atoms with Crippen LogP contribution in [0.5, 0.6) is 0 Å². The number of amides is 1. The van der Waals surface area contributed by atoms with E-state index in [-0.39, 0.29) is 0 Å². The van der Waals surface area contributed by atoms with E-state index in [1.54, 1.807) is 12.3 Å². The number of nitrogens with one attached hydrogen (secondary N) is 2. The van der Waals surface area contributed by atoms with Gasteiger partial charge in [-0.1, -0.05) is 26.7 Å². The summed E-state index contributed by atoms with van der Waals surface area (Å²) in [5, 5.41) is 5.97. The summed E-state index contributed by atoms with van der Waals surface area (Å²) in [6.07, 6.45) is 3.55. The maximum absolute atomic E-state index is 11.6. The molecule has 0 aliphatic heterocycles. The fraction of sp³-hybridized carbons (Fsp3) is 0.625. The molecular formula is C16H27N3O2. The van der Waals surface area contributed by atoms with E-state index in [9.17, 15) is 4.79 Å². The second-order valence-electron chi connectivity index (χ2n) is 6.12. The molecule has 0 fully saturated rings. The van der Waals surface area contributed by atoms with E-state index in [4.69, 9.17) is 4.74 Å². The lowest BCUT2D eigenvalue weighted by Crippen LogP contribution is -2.27. The van der Waals surface area contributed by atoms with Crippen LogP contribution in [0.1, 0.15) is 47.5 Å². The Bertz CT molecular complexity index is 434. The maximum atomic E-state index is 11.6. The SMILES string of the molecule is CCC(CC)CNc1ccc(NC(=O)OC(C)(C)C)nc1. The number of hydrogen-bond acceptors (Lipinski definition) is 4. The zero-order valence-electron chi connectivity index (χ0n) is 13.7. The van der Waals surface area contributed by atoms with Crippen LogP contribution in [0.15, 0.2) is 18.3 Å². The fourth-order valence-electron chi connectivity index (χ4n) is 1.82. The van der Waals surface area contributed by atoms with Gasteiger partial charge in [0.05, 0.1) is 11.9 Å². The van der Waals surface area contributed by atoms with Gasteiger partial charge in [0.15, 0.2) is 0 Å². The zero-order valence-corrected chi connectivity index (χ0v) is 13.7. The number of ether oxygens (including phenoxy) is 1. The van der Waals surface area contributed by atoms with Crippen molar-refractivity contribution in [2.24, 2.45) is 5.92 Å². The molecule has 1 heterocycles. The average Bonchev–Trinajstić information content (AvgIpc) is 2.39. The monoisotopic (exact) mass is 293 g/mol. The molecule has 118 valence electrons. The van der Waals surface area contributed by atoms with Gasteiger partial charge in [0.25, 0.3) is 0 Å². The average molecular weight is 293 g/mol. The van der Waals surface area contributed by atoms with Gasteiger partial charge in [-0.2, -0.15) is 0 Å². The van der Waals surface area contributed by atoms with Gasteiger partial charge >= 0.3 is 6.09 Å². The van der Waals surface area contributed by atoms with Crippen molar-refractivity contribution in [1.29, 1.82) is 0 Å². The Labute approximate surface area is 127 Å². The summed E-state index contributed by atoms with van der Waals surface area (Å²) in [4.78, 5) is 15.8. The Kier molecular flexibility index (Phi) is 6.46. The highest BCUT2D eigenvalue weighted by Crippen LogP contribution is 2.14. The minimum Gasteiger partial charge on any atom is -0.444 e.